The highest BCUT2D eigenvalue weighted by Gasteiger charge is 2.12. The summed E-state index contributed by atoms with van der Waals surface area (Å²) in [4.78, 5) is 11.2. The highest BCUT2D eigenvalue weighted by molar-refractivity contribution is 5.85. The van der Waals surface area contributed by atoms with Crippen LogP contribution in [-0.2, 0) is 16.6 Å². The van der Waals surface area contributed by atoms with Gasteiger partial charge in [-0.15, -0.1) is 12.4 Å². The third-order valence-corrected chi connectivity index (χ3v) is 2.89. The van der Waals surface area contributed by atoms with Gasteiger partial charge in [-0.05, 0) is 30.0 Å². The van der Waals surface area contributed by atoms with Crippen LogP contribution in [-0.4, -0.2) is 26.0 Å². The van der Waals surface area contributed by atoms with E-state index < -0.39 is 0 Å². The Labute approximate surface area is 122 Å². The van der Waals surface area contributed by atoms with Gasteiger partial charge in [-0.2, -0.15) is 0 Å². The Kier molecular flexibility index (Phi) is 7.72. The summed E-state index contributed by atoms with van der Waals surface area (Å²) in [5, 5.41) is 5.70. The van der Waals surface area contributed by atoms with Crippen LogP contribution in [0.15, 0.2) is 24.3 Å². The largest absolute Gasteiger partial charge is 0.355 e. The van der Waals surface area contributed by atoms with Gasteiger partial charge in [0.25, 0.3) is 0 Å². The van der Waals surface area contributed by atoms with E-state index in [9.17, 15) is 4.79 Å². The van der Waals surface area contributed by atoms with E-state index in [2.05, 4.69) is 55.7 Å². The molecule has 2 N–H and O–H groups in total. The fourth-order valence-corrected chi connectivity index (χ4v) is 1.74. The van der Waals surface area contributed by atoms with Crippen LogP contribution in [0.3, 0.4) is 0 Å². The molecule has 0 saturated heterocycles. The summed E-state index contributed by atoms with van der Waals surface area (Å²) in [5.74, 6) is 0.0452. The molecule has 0 bridgehead atoms. The quantitative estimate of drug-likeness (QED) is 0.871. The lowest BCUT2D eigenvalue weighted by molar-refractivity contribution is -0.120. The monoisotopic (exact) mass is 284 g/mol. The molecule has 1 aromatic rings. The van der Waals surface area contributed by atoms with Crippen molar-refractivity contribution in [1.82, 2.24) is 10.6 Å². The van der Waals surface area contributed by atoms with Gasteiger partial charge in [-0.25, -0.2) is 0 Å². The number of halogens is 1. The minimum absolute atomic E-state index is 0. The summed E-state index contributed by atoms with van der Waals surface area (Å²) >= 11 is 0. The minimum atomic E-state index is 0. The predicted molar refractivity (Wildman–Crippen MR) is 83.0 cm³/mol. The number of rotatable bonds is 5. The third kappa shape index (κ3) is 6.60. The molecule has 4 heteroatoms. The van der Waals surface area contributed by atoms with E-state index in [1.807, 2.05) is 0 Å². The average Bonchev–Trinajstić information content (AvgIpc) is 2.29. The second kappa shape index (κ2) is 8.18. The summed E-state index contributed by atoms with van der Waals surface area (Å²) in [6, 6.07) is 8.63. The number of amides is 1. The zero-order chi connectivity index (χ0) is 13.6. The molecule has 19 heavy (non-hydrogen) atoms. The highest BCUT2D eigenvalue weighted by atomic mass is 35.5. The van der Waals surface area contributed by atoms with Crippen molar-refractivity contribution in [2.24, 2.45) is 0 Å². The van der Waals surface area contributed by atoms with E-state index in [0.717, 1.165) is 6.42 Å². The fraction of sp³-hybridized carbons (Fsp3) is 0.533. The summed E-state index contributed by atoms with van der Waals surface area (Å²) < 4.78 is 0. The molecule has 3 nitrogen and oxygen atoms in total. The maximum Gasteiger partial charge on any atom is 0.233 e. The topological polar surface area (TPSA) is 41.1 Å². The molecule has 1 rings (SSSR count). The van der Waals surface area contributed by atoms with Gasteiger partial charge in [-0.3, -0.25) is 4.79 Å². The molecular weight excluding hydrogens is 260 g/mol. The molecule has 0 unspecified atom stereocenters. The van der Waals surface area contributed by atoms with Gasteiger partial charge in [0.05, 0.1) is 6.54 Å². The Hall–Kier alpha value is -1.06. The maximum absolute atomic E-state index is 11.2. The lowest BCUT2D eigenvalue weighted by atomic mass is 9.86. The van der Waals surface area contributed by atoms with Crippen LogP contribution < -0.4 is 10.6 Å². The van der Waals surface area contributed by atoms with Crippen molar-refractivity contribution in [2.75, 3.05) is 20.1 Å². The summed E-state index contributed by atoms with van der Waals surface area (Å²) in [5.41, 5.74) is 2.79. The second-order valence-electron chi connectivity index (χ2n) is 5.58. The van der Waals surface area contributed by atoms with Crippen molar-refractivity contribution in [3.63, 3.8) is 0 Å². The first kappa shape index (κ1) is 17.9. The van der Waals surface area contributed by atoms with Crippen LogP contribution >= 0.6 is 12.4 Å². The van der Waals surface area contributed by atoms with Gasteiger partial charge in [-0.1, -0.05) is 45.0 Å². The lowest BCUT2D eigenvalue weighted by Crippen LogP contribution is -2.33. The molecule has 0 atom stereocenters. The van der Waals surface area contributed by atoms with E-state index in [-0.39, 0.29) is 23.7 Å². The predicted octanol–water partition coefficient (Wildman–Crippen LogP) is 2.28. The van der Waals surface area contributed by atoms with Crippen molar-refractivity contribution in [3.05, 3.63) is 35.4 Å². The zero-order valence-electron chi connectivity index (χ0n) is 12.2. The van der Waals surface area contributed by atoms with Gasteiger partial charge in [0.2, 0.25) is 5.91 Å². The molecule has 0 radical (unpaired) electrons. The molecule has 0 aromatic heterocycles. The standard InChI is InChI=1S/C15H24N2O.ClH/c1-15(2,3)13-7-5-12(6-8-13)9-10-17-14(18)11-16-4;/h5-8,16H,9-11H2,1-4H3,(H,17,18);1H. The van der Waals surface area contributed by atoms with Crippen molar-refractivity contribution < 1.29 is 4.79 Å². The van der Waals surface area contributed by atoms with Crippen molar-refractivity contribution in [1.29, 1.82) is 0 Å². The van der Waals surface area contributed by atoms with E-state index in [4.69, 9.17) is 0 Å². The van der Waals surface area contributed by atoms with Crippen molar-refractivity contribution in [2.45, 2.75) is 32.6 Å². The van der Waals surface area contributed by atoms with Crippen molar-refractivity contribution >= 4 is 18.3 Å². The Morgan fingerprint density at radius 3 is 2.21 bits per heavy atom. The Morgan fingerprint density at radius 1 is 1.16 bits per heavy atom. The first-order chi connectivity index (χ1) is 8.43. The van der Waals surface area contributed by atoms with Gasteiger partial charge >= 0.3 is 0 Å². The number of hydrogen-bond donors (Lipinski definition) is 2. The molecular formula is C15H25ClN2O. The van der Waals surface area contributed by atoms with Crippen LogP contribution in [0, 0.1) is 0 Å². The molecule has 1 aromatic carbocycles. The van der Waals surface area contributed by atoms with Crippen LogP contribution in [0.5, 0.6) is 0 Å². The normalized spacial score (nSPS) is 10.7. The van der Waals surface area contributed by atoms with Gasteiger partial charge in [0.1, 0.15) is 0 Å². The number of likely N-dealkylation sites (N-methyl/N-ethyl adjacent to an activating group) is 1. The molecule has 108 valence electrons. The summed E-state index contributed by atoms with van der Waals surface area (Å²) in [6.07, 6.45) is 0.875. The van der Waals surface area contributed by atoms with E-state index in [0.29, 0.717) is 13.1 Å². The third-order valence-electron chi connectivity index (χ3n) is 2.89. The molecule has 0 spiro atoms. The average molecular weight is 285 g/mol. The zero-order valence-corrected chi connectivity index (χ0v) is 13.1. The van der Waals surface area contributed by atoms with Crippen molar-refractivity contribution in [3.8, 4) is 0 Å². The Bertz CT molecular complexity index is 382. The molecule has 0 saturated carbocycles. The second-order valence-corrected chi connectivity index (χ2v) is 5.58. The SMILES string of the molecule is CNCC(=O)NCCc1ccc(C(C)(C)C)cc1.Cl. The first-order valence-electron chi connectivity index (χ1n) is 6.44. The number of carbonyl (C=O) groups is 1. The molecule has 0 aliphatic rings. The lowest BCUT2D eigenvalue weighted by Gasteiger charge is -2.19. The molecule has 0 aliphatic carbocycles. The van der Waals surface area contributed by atoms with Gasteiger partial charge < -0.3 is 10.6 Å². The summed E-state index contributed by atoms with van der Waals surface area (Å²) in [6.45, 7) is 7.69. The fourth-order valence-electron chi connectivity index (χ4n) is 1.74. The minimum Gasteiger partial charge on any atom is -0.355 e. The highest BCUT2D eigenvalue weighted by Crippen LogP contribution is 2.22. The van der Waals surface area contributed by atoms with E-state index >= 15 is 0 Å². The summed E-state index contributed by atoms with van der Waals surface area (Å²) in [7, 11) is 1.77. The smallest absolute Gasteiger partial charge is 0.233 e. The number of carbonyl (C=O) groups excluding carboxylic acids is 1. The van der Waals surface area contributed by atoms with Crippen LogP contribution in [0.1, 0.15) is 31.9 Å². The first-order valence-corrected chi connectivity index (χ1v) is 6.44. The van der Waals surface area contributed by atoms with Gasteiger partial charge in [0, 0.05) is 6.54 Å². The van der Waals surface area contributed by atoms with Crippen LogP contribution in [0.4, 0.5) is 0 Å². The molecule has 1 amide bonds. The molecule has 0 fully saturated rings. The van der Waals surface area contributed by atoms with Gasteiger partial charge in [0.15, 0.2) is 0 Å². The van der Waals surface area contributed by atoms with E-state index in [1.165, 1.54) is 11.1 Å². The molecule has 0 aliphatic heterocycles. The number of benzene rings is 1. The Balaban J connectivity index is 0.00000324. The van der Waals surface area contributed by atoms with Crippen LogP contribution in [0.2, 0.25) is 0 Å². The van der Waals surface area contributed by atoms with E-state index in [1.54, 1.807) is 7.05 Å². The number of nitrogens with one attached hydrogen (secondary N) is 2. The molecule has 0 heterocycles. The van der Waals surface area contributed by atoms with Crippen LogP contribution in [0.25, 0.3) is 0 Å². The maximum atomic E-state index is 11.2. The Morgan fingerprint density at radius 2 is 1.74 bits per heavy atom. The number of hydrogen-bond acceptors (Lipinski definition) is 2.